The Morgan fingerprint density at radius 2 is 1.66 bits per heavy atom. The summed E-state index contributed by atoms with van der Waals surface area (Å²) in [5.41, 5.74) is 1.89. The van der Waals surface area contributed by atoms with Crippen molar-refractivity contribution < 1.29 is 9.59 Å². The summed E-state index contributed by atoms with van der Waals surface area (Å²) in [5, 5.41) is 3.79. The molecule has 0 aliphatic heterocycles. The fraction of sp³-hybridized carbons (Fsp3) is 0.391. The van der Waals surface area contributed by atoms with Gasteiger partial charge in [0.25, 0.3) is 0 Å². The first-order valence-electron chi connectivity index (χ1n) is 9.83. The van der Waals surface area contributed by atoms with Gasteiger partial charge in [-0.3, -0.25) is 9.59 Å². The van der Waals surface area contributed by atoms with E-state index in [4.69, 9.17) is 23.2 Å². The van der Waals surface area contributed by atoms with Gasteiger partial charge in [-0.15, -0.1) is 0 Å². The van der Waals surface area contributed by atoms with E-state index in [2.05, 4.69) is 5.32 Å². The van der Waals surface area contributed by atoms with Gasteiger partial charge in [-0.25, -0.2) is 0 Å². The molecule has 0 saturated carbocycles. The van der Waals surface area contributed by atoms with Crippen molar-refractivity contribution in [3.63, 3.8) is 0 Å². The van der Waals surface area contributed by atoms with E-state index in [1.807, 2.05) is 44.2 Å². The van der Waals surface area contributed by atoms with Crippen LogP contribution in [0, 0.1) is 5.92 Å². The average molecular weight is 435 g/mol. The molecular formula is C23H28Cl2N2O2. The Morgan fingerprint density at radius 3 is 2.28 bits per heavy atom. The van der Waals surface area contributed by atoms with Crippen LogP contribution in [0.15, 0.2) is 48.5 Å². The van der Waals surface area contributed by atoms with E-state index in [0.29, 0.717) is 35.5 Å². The van der Waals surface area contributed by atoms with Crippen molar-refractivity contribution in [1.29, 1.82) is 0 Å². The van der Waals surface area contributed by atoms with Crippen LogP contribution in [0.25, 0.3) is 0 Å². The lowest BCUT2D eigenvalue weighted by Gasteiger charge is -2.29. The number of nitrogens with one attached hydrogen (secondary N) is 1. The predicted molar refractivity (Wildman–Crippen MR) is 119 cm³/mol. The van der Waals surface area contributed by atoms with Crippen molar-refractivity contribution in [3.8, 4) is 0 Å². The molecule has 6 heteroatoms. The number of nitrogens with zero attached hydrogens (tertiary/aromatic N) is 1. The van der Waals surface area contributed by atoms with E-state index < -0.39 is 6.04 Å². The second kappa shape index (κ2) is 11.2. The molecule has 0 aromatic heterocycles. The van der Waals surface area contributed by atoms with Crippen LogP contribution in [0.3, 0.4) is 0 Å². The normalized spacial score (nSPS) is 11.9. The molecule has 1 N–H and O–H groups in total. The summed E-state index contributed by atoms with van der Waals surface area (Å²) in [5.74, 6) is 0.0802. The molecule has 0 unspecified atom stereocenters. The molecule has 29 heavy (non-hydrogen) atoms. The highest BCUT2D eigenvalue weighted by Crippen LogP contribution is 2.23. The molecule has 0 spiro atoms. The fourth-order valence-electron chi connectivity index (χ4n) is 2.95. The summed E-state index contributed by atoms with van der Waals surface area (Å²) in [7, 11) is 0. The number of benzene rings is 2. The first kappa shape index (κ1) is 23.2. The lowest BCUT2D eigenvalue weighted by Crippen LogP contribution is -2.49. The molecule has 2 aromatic carbocycles. The highest BCUT2D eigenvalue weighted by atomic mass is 35.5. The Labute approximate surface area is 183 Å². The minimum Gasteiger partial charge on any atom is -0.354 e. The smallest absolute Gasteiger partial charge is 0.242 e. The van der Waals surface area contributed by atoms with Crippen LogP contribution in [0.4, 0.5) is 0 Å². The third-order valence-electron chi connectivity index (χ3n) is 4.68. The fourth-order valence-corrected chi connectivity index (χ4v) is 3.27. The second-order valence-electron chi connectivity index (χ2n) is 7.56. The maximum absolute atomic E-state index is 13.1. The molecule has 2 aromatic rings. The Morgan fingerprint density at radius 1 is 0.966 bits per heavy atom. The molecule has 0 radical (unpaired) electrons. The SMILES string of the molecule is CC(C)CNC(=O)[C@H](C)N(CCc1ccccc1)C(=O)Cc1ccc(Cl)c(Cl)c1. The number of rotatable bonds is 9. The zero-order chi connectivity index (χ0) is 21.4. The van der Waals surface area contributed by atoms with Crippen LogP contribution in [-0.2, 0) is 22.4 Å². The molecule has 0 aliphatic rings. The Hall–Kier alpha value is -2.04. The van der Waals surface area contributed by atoms with Gasteiger partial charge in [0.15, 0.2) is 0 Å². The van der Waals surface area contributed by atoms with Crippen molar-refractivity contribution in [1.82, 2.24) is 10.2 Å². The number of hydrogen-bond acceptors (Lipinski definition) is 2. The Bertz CT molecular complexity index is 825. The first-order valence-corrected chi connectivity index (χ1v) is 10.6. The summed E-state index contributed by atoms with van der Waals surface area (Å²) in [6, 6.07) is 14.5. The van der Waals surface area contributed by atoms with E-state index in [1.54, 1.807) is 30.0 Å². The third kappa shape index (κ3) is 7.37. The average Bonchev–Trinajstić information content (AvgIpc) is 2.69. The highest BCUT2D eigenvalue weighted by molar-refractivity contribution is 6.42. The quantitative estimate of drug-likeness (QED) is 0.617. The number of carbonyl (C=O) groups is 2. The van der Waals surface area contributed by atoms with Gasteiger partial charge in [0.05, 0.1) is 16.5 Å². The minimum atomic E-state index is -0.562. The molecule has 0 saturated heterocycles. The standard InChI is InChI=1S/C23H28Cl2N2O2/c1-16(2)15-26-23(29)17(3)27(12-11-18-7-5-4-6-8-18)22(28)14-19-9-10-20(24)21(25)13-19/h4-10,13,16-17H,11-12,14-15H2,1-3H3,(H,26,29)/t17-/m0/s1. The molecule has 1 atom stereocenters. The lowest BCUT2D eigenvalue weighted by molar-refractivity contribution is -0.139. The summed E-state index contributed by atoms with van der Waals surface area (Å²) >= 11 is 12.1. The molecule has 0 fully saturated rings. The van der Waals surface area contributed by atoms with E-state index >= 15 is 0 Å². The molecule has 0 bridgehead atoms. The van der Waals surface area contributed by atoms with Crippen molar-refractivity contribution in [2.75, 3.05) is 13.1 Å². The summed E-state index contributed by atoms with van der Waals surface area (Å²) in [6.07, 6.45) is 0.837. The molecular weight excluding hydrogens is 407 g/mol. The number of halogens is 2. The maximum Gasteiger partial charge on any atom is 0.242 e. The maximum atomic E-state index is 13.1. The zero-order valence-corrected chi connectivity index (χ0v) is 18.6. The number of amides is 2. The zero-order valence-electron chi connectivity index (χ0n) is 17.1. The van der Waals surface area contributed by atoms with Gasteiger partial charge in [-0.1, -0.05) is 73.4 Å². The molecule has 0 aliphatic carbocycles. The largest absolute Gasteiger partial charge is 0.354 e. The van der Waals surface area contributed by atoms with Gasteiger partial charge >= 0.3 is 0 Å². The molecule has 156 valence electrons. The van der Waals surface area contributed by atoms with Gasteiger partial charge in [0.1, 0.15) is 6.04 Å². The van der Waals surface area contributed by atoms with E-state index in [-0.39, 0.29) is 18.2 Å². The van der Waals surface area contributed by atoms with Crippen LogP contribution in [-0.4, -0.2) is 35.8 Å². The lowest BCUT2D eigenvalue weighted by atomic mass is 10.1. The predicted octanol–water partition coefficient (Wildman–Crippen LogP) is 4.77. The topological polar surface area (TPSA) is 49.4 Å². The monoisotopic (exact) mass is 434 g/mol. The van der Waals surface area contributed by atoms with Crippen LogP contribution < -0.4 is 5.32 Å². The van der Waals surface area contributed by atoms with Gasteiger partial charge in [0, 0.05) is 13.1 Å². The molecule has 4 nitrogen and oxygen atoms in total. The van der Waals surface area contributed by atoms with Crippen LogP contribution in [0.2, 0.25) is 10.0 Å². The van der Waals surface area contributed by atoms with Crippen molar-refractivity contribution >= 4 is 35.0 Å². The highest BCUT2D eigenvalue weighted by Gasteiger charge is 2.26. The van der Waals surface area contributed by atoms with E-state index in [9.17, 15) is 9.59 Å². The molecule has 2 amide bonds. The Kier molecular flexibility index (Phi) is 8.99. The second-order valence-corrected chi connectivity index (χ2v) is 8.38. The van der Waals surface area contributed by atoms with Crippen LogP contribution in [0.1, 0.15) is 31.9 Å². The minimum absolute atomic E-state index is 0.119. The van der Waals surface area contributed by atoms with Crippen molar-refractivity contribution in [3.05, 3.63) is 69.7 Å². The number of carbonyl (C=O) groups excluding carboxylic acids is 2. The Balaban J connectivity index is 2.13. The first-order chi connectivity index (χ1) is 13.8. The van der Waals surface area contributed by atoms with E-state index in [1.165, 1.54) is 0 Å². The summed E-state index contributed by atoms with van der Waals surface area (Å²) in [6.45, 7) is 6.88. The van der Waals surface area contributed by atoms with Crippen LogP contribution >= 0.6 is 23.2 Å². The van der Waals surface area contributed by atoms with E-state index in [0.717, 1.165) is 11.1 Å². The number of hydrogen-bond donors (Lipinski definition) is 1. The summed E-state index contributed by atoms with van der Waals surface area (Å²) in [4.78, 5) is 27.3. The van der Waals surface area contributed by atoms with Crippen molar-refractivity contribution in [2.45, 2.75) is 39.7 Å². The molecule has 2 rings (SSSR count). The van der Waals surface area contributed by atoms with Gasteiger partial charge in [-0.2, -0.15) is 0 Å². The van der Waals surface area contributed by atoms with Gasteiger partial charge in [-0.05, 0) is 42.5 Å². The molecule has 0 heterocycles. The van der Waals surface area contributed by atoms with Crippen molar-refractivity contribution in [2.24, 2.45) is 5.92 Å². The van der Waals surface area contributed by atoms with Gasteiger partial charge in [0.2, 0.25) is 11.8 Å². The van der Waals surface area contributed by atoms with Gasteiger partial charge < -0.3 is 10.2 Å². The summed E-state index contributed by atoms with van der Waals surface area (Å²) < 4.78 is 0. The third-order valence-corrected chi connectivity index (χ3v) is 5.41. The van der Waals surface area contributed by atoms with Crippen LogP contribution in [0.5, 0.6) is 0 Å².